The van der Waals surface area contributed by atoms with Crippen molar-refractivity contribution in [2.75, 3.05) is 0 Å². The highest BCUT2D eigenvalue weighted by molar-refractivity contribution is 8.73. The summed E-state index contributed by atoms with van der Waals surface area (Å²) < 4.78 is 45.2. The Morgan fingerprint density at radius 3 is 0.897 bits per heavy atom. The van der Waals surface area contributed by atoms with Crippen LogP contribution >= 0.6 is 12.2 Å². The standard InChI is InChI=1S/C27H30O6S45/c34-4-1-19-22-13(7-45-58-52-37)16(10-48-59-64-53-38)25(28-19)32-23-14(8-46-60-69-65-54-39)17(11-49-62-70-73-66-55-40)26(29-20(23)2-5-43-35)33-24-15(9-47-61-71-76-74-67-56-41)18(12-50-63-72-77-78-75-68-57-42)27(31-22)30-21(24)3-6-44-51-36/h4-27H,1-3H2. The van der Waals surface area contributed by atoms with Gasteiger partial charge in [0.05, 0.1) is 36.6 Å². The van der Waals surface area contributed by atoms with E-state index in [2.05, 4.69) is 37.6 Å². The Labute approximate surface area is 603 Å². The normalized spacial score (nSPS) is 27.9. The lowest BCUT2D eigenvalue weighted by atomic mass is 9.81. The van der Waals surface area contributed by atoms with E-state index in [1.165, 1.54) is 99.7 Å². The van der Waals surface area contributed by atoms with Crippen LogP contribution in [0.5, 0.6) is 0 Å². The van der Waals surface area contributed by atoms with Crippen molar-refractivity contribution in [3.63, 3.8) is 0 Å². The van der Waals surface area contributed by atoms with E-state index in [1.807, 2.05) is 5.37 Å². The third kappa shape index (κ3) is 31.2. The lowest BCUT2D eigenvalue weighted by Gasteiger charge is -2.49. The van der Waals surface area contributed by atoms with Crippen LogP contribution in [-0.2, 0) is 446 Å². The lowest BCUT2D eigenvalue weighted by Crippen LogP contribution is -2.59. The summed E-state index contributed by atoms with van der Waals surface area (Å²) in [6.07, 6.45) is -4.05. The zero-order chi connectivity index (χ0) is 55.8. The molecule has 0 aromatic rings. The van der Waals surface area contributed by atoms with E-state index in [0.29, 0.717) is 19.3 Å². The molecule has 444 valence electrons. The van der Waals surface area contributed by atoms with Crippen molar-refractivity contribution < 1.29 is 28.4 Å². The zero-order valence-electron chi connectivity index (χ0n) is 36.8. The van der Waals surface area contributed by atoms with Gasteiger partial charge in [0.25, 0.3) is 0 Å². The minimum absolute atomic E-state index is 0.268. The quantitative estimate of drug-likeness (QED) is 0.245. The molecule has 51 heteroatoms. The molecule has 0 amide bonds. The molecular formula is C27H30O6S45. The van der Waals surface area contributed by atoms with Gasteiger partial charge in [-0.2, -0.15) is 0 Å². The topological polar surface area (TPSA) is 55.4 Å². The minimum Gasteiger partial charge on any atom is -0.346 e. The molecule has 9 fully saturated rings. The Balaban J connectivity index is 2.46. The van der Waals surface area contributed by atoms with Crippen LogP contribution in [0.2, 0.25) is 0 Å². The number of thiocarbonyl (C=S) groups is 1. The highest BCUT2D eigenvalue weighted by atomic mass is 33.4. The van der Waals surface area contributed by atoms with E-state index >= 15 is 0 Å². The maximum Gasteiger partial charge on any atom is 0.166 e. The van der Waals surface area contributed by atoms with Gasteiger partial charge >= 0.3 is 0 Å². The Hall–Kier alpha value is 8.49. The number of rotatable bonds is 12. The van der Waals surface area contributed by atoms with Gasteiger partial charge in [0, 0.05) is 54.8 Å². The molecule has 0 spiro atoms. The van der Waals surface area contributed by atoms with Crippen LogP contribution in [0.3, 0.4) is 0 Å². The summed E-state index contributed by atoms with van der Waals surface area (Å²) in [5, 5.41) is 19.4. The molecule has 78 heavy (non-hydrogen) atoms. The lowest BCUT2D eigenvalue weighted by molar-refractivity contribution is -0.312. The van der Waals surface area contributed by atoms with Gasteiger partial charge in [0.1, 0.15) is 0 Å². The first kappa shape index (κ1) is 78.9. The molecule has 9 aliphatic heterocycles. The fourth-order valence-corrected chi connectivity index (χ4v) is 66.4. The summed E-state index contributed by atoms with van der Waals surface area (Å²) in [7, 11) is 55.9. The Bertz CT molecular complexity index is 3980. The molecule has 9 heterocycles. The second-order valence-electron chi connectivity index (χ2n) is 13.1. The molecule has 0 aromatic heterocycles. The van der Waals surface area contributed by atoms with Gasteiger partial charge in [0.2, 0.25) is 0 Å². The molecule has 6 bridgehead atoms. The van der Waals surface area contributed by atoms with Gasteiger partial charge in [-0.1, -0.05) is 91.5 Å². The predicted octanol–water partition coefficient (Wildman–Crippen LogP) is -0.0961. The van der Waals surface area contributed by atoms with E-state index in [-0.39, 0.29) is 35.5 Å². The van der Waals surface area contributed by atoms with Crippen molar-refractivity contribution in [2.45, 2.75) is 74.8 Å². The molecule has 15 atom stereocenters. The SMILES string of the molecule is S=CCC1OC2OC3C(CC=S=S)OC(OC4C(CC=S=S=S)OC(OC1C(C=S=S=S=S)C2C=S=S=S=S=S)C(C=S=S=S=S=S=S=S=S=S)C4C=S=S=S=S=S=S=S=S)C(C=S=S=S=S=S=S=S)C3C=S=S=S=S=S=S. The molecule has 15 unspecified atom stereocenters. The fraction of sp³-hybridized carbons (Fsp3) is 0.667. The first-order valence-electron chi connectivity index (χ1n) is 19.4. The molecule has 9 saturated heterocycles. The van der Waals surface area contributed by atoms with Crippen molar-refractivity contribution in [3.05, 3.63) is 0 Å². The summed E-state index contributed by atoms with van der Waals surface area (Å²) in [5.74, 6) is -1.85. The van der Waals surface area contributed by atoms with Crippen LogP contribution in [0, 0.1) is 35.5 Å². The molecule has 0 saturated carbocycles. The van der Waals surface area contributed by atoms with Crippen molar-refractivity contribution in [2.24, 2.45) is 35.5 Å². The van der Waals surface area contributed by atoms with Crippen LogP contribution in [0.4, 0.5) is 0 Å². The summed E-state index contributed by atoms with van der Waals surface area (Å²) >= 11 is 47.9. The third-order valence-corrected chi connectivity index (χ3v) is 69.6. The van der Waals surface area contributed by atoms with Crippen LogP contribution in [0.25, 0.3) is 0 Å². The molecular weight excluding hydrogens is 1860 g/mol. The second-order valence-corrected chi connectivity index (χ2v) is 71.4. The molecule has 0 N–H and O–H groups in total. The van der Waals surface area contributed by atoms with E-state index in [9.17, 15) is 0 Å². The van der Waals surface area contributed by atoms with Gasteiger partial charge in [-0.05, 0) is 386 Å². The largest absolute Gasteiger partial charge is 0.346 e. The number of hydrogen-bond donors (Lipinski definition) is 0. The average molecular weight is 1890 g/mol. The van der Waals surface area contributed by atoms with Crippen LogP contribution < -0.4 is 0 Å². The van der Waals surface area contributed by atoms with Gasteiger partial charge in [0.15, 0.2) is 18.9 Å². The maximum atomic E-state index is 7.72. The van der Waals surface area contributed by atoms with E-state index in [0.717, 1.165) is 0 Å². The fourth-order valence-electron chi connectivity index (χ4n) is 7.05. The Morgan fingerprint density at radius 1 is 0.269 bits per heavy atom. The molecule has 0 radical (unpaired) electrons. The van der Waals surface area contributed by atoms with Gasteiger partial charge < -0.3 is 28.4 Å². The summed E-state index contributed by atoms with van der Waals surface area (Å²) in [5.41, 5.74) is 0. The van der Waals surface area contributed by atoms with Crippen molar-refractivity contribution in [3.8, 4) is 0 Å². The summed E-state index contributed by atoms with van der Waals surface area (Å²) in [6.45, 7) is 0. The van der Waals surface area contributed by atoms with Crippen LogP contribution in [-0.4, -0.2) is 104 Å². The van der Waals surface area contributed by atoms with E-state index in [1.54, 1.807) is 234 Å². The van der Waals surface area contributed by atoms with Crippen molar-refractivity contribution in [1.82, 2.24) is 0 Å². The summed E-state index contributed by atoms with van der Waals surface area (Å²) in [4.78, 5) is 0. The number of ether oxygens (including phenoxy) is 6. The monoisotopic (exact) mass is 1890 g/mol. The highest BCUT2D eigenvalue weighted by Gasteiger charge is 2.55. The van der Waals surface area contributed by atoms with E-state index in [4.69, 9.17) is 130 Å². The number of hydrogen-bond acceptors (Lipinski definition) is 15. The molecule has 6 nitrogen and oxygen atoms in total. The van der Waals surface area contributed by atoms with E-state index < -0.39 is 55.5 Å². The second kappa shape index (κ2) is 52.8. The maximum absolute atomic E-state index is 7.72. The first-order chi connectivity index (χ1) is 38.4. The molecule has 0 aliphatic carbocycles. The predicted molar refractivity (Wildman–Crippen MR) is 462 cm³/mol. The zero-order valence-corrected chi connectivity index (χ0v) is 73.5. The highest BCUT2D eigenvalue weighted by Crippen LogP contribution is 2.43. The minimum atomic E-state index is -0.767. The molecule has 9 rings (SSSR count). The van der Waals surface area contributed by atoms with Crippen LogP contribution in [0.1, 0.15) is 19.3 Å². The van der Waals surface area contributed by atoms with Crippen LogP contribution in [0.15, 0.2) is 0 Å². The third-order valence-electron chi connectivity index (χ3n) is 9.57. The molecule has 9 aliphatic rings. The smallest absolute Gasteiger partial charge is 0.166 e. The Kier molecular flexibility index (Phi) is 53.4. The first-order valence-corrected chi connectivity index (χ1v) is 71.6. The summed E-state index contributed by atoms with van der Waals surface area (Å²) in [6, 6.07) is 0. The Morgan fingerprint density at radius 2 is 0.551 bits per heavy atom. The van der Waals surface area contributed by atoms with Gasteiger partial charge in [-0.15, -0.1) is 0 Å². The average Bonchev–Trinajstić information content (AvgIpc) is 3.60. The molecule has 0 aromatic carbocycles. The van der Waals surface area contributed by atoms with Gasteiger partial charge in [-0.25, -0.2) is 0 Å². The van der Waals surface area contributed by atoms with Crippen molar-refractivity contribution in [1.29, 1.82) is 0 Å². The van der Waals surface area contributed by atoms with Gasteiger partial charge in [-0.3, -0.25) is 0 Å². The van der Waals surface area contributed by atoms with Crippen molar-refractivity contribution >= 4 is 478 Å².